The van der Waals surface area contributed by atoms with E-state index in [1.54, 1.807) is 19.1 Å². The summed E-state index contributed by atoms with van der Waals surface area (Å²) in [7, 11) is 0. The van der Waals surface area contributed by atoms with Crippen LogP contribution >= 0.6 is 23.2 Å². The molecular formula is C22H18Cl2F4N2O3. The Hall–Kier alpha value is -2.52. The van der Waals surface area contributed by atoms with Gasteiger partial charge in [0.05, 0.1) is 22.4 Å². The maximum atomic E-state index is 14.3. The number of rotatable bonds is 5. The van der Waals surface area contributed by atoms with Crippen LogP contribution in [-0.2, 0) is 28.2 Å². The van der Waals surface area contributed by atoms with E-state index in [4.69, 9.17) is 32.8 Å². The highest BCUT2D eigenvalue weighted by atomic mass is 35.5. The normalized spacial score (nSPS) is 19.5. The Morgan fingerprint density at radius 2 is 1.94 bits per heavy atom. The van der Waals surface area contributed by atoms with Crippen molar-refractivity contribution in [3.8, 4) is 5.75 Å². The first kappa shape index (κ1) is 23.6. The number of amides is 1. The Labute approximate surface area is 196 Å². The van der Waals surface area contributed by atoms with Gasteiger partial charge in [-0.25, -0.2) is 4.39 Å². The molecule has 1 atom stereocenters. The summed E-state index contributed by atoms with van der Waals surface area (Å²) in [6.45, 7) is 2.31. The van der Waals surface area contributed by atoms with Gasteiger partial charge in [-0.15, -0.1) is 0 Å². The number of hydrogen-bond donors (Lipinski definition) is 1. The Kier molecular flexibility index (Phi) is 6.22. The molecule has 33 heavy (non-hydrogen) atoms. The highest BCUT2D eigenvalue weighted by molar-refractivity contribution is 6.35. The zero-order chi connectivity index (χ0) is 24.0. The lowest BCUT2D eigenvalue weighted by atomic mass is 9.85. The van der Waals surface area contributed by atoms with Gasteiger partial charge in [0.15, 0.2) is 5.82 Å². The molecule has 176 valence electrons. The molecule has 2 aliphatic rings. The van der Waals surface area contributed by atoms with Crippen LogP contribution in [0.3, 0.4) is 0 Å². The lowest BCUT2D eigenvalue weighted by molar-refractivity contribution is -0.275. The van der Waals surface area contributed by atoms with Crippen LogP contribution in [-0.4, -0.2) is 24.4 Å². The lowest BCUT2D eigenvalue weighted by Gasteiger charge is -2.29. The van der Waals surface area contributed by atoms with Gasteiger partial charge < -0.3 is 14.9 Å². The molecule has 0 aromatic heterocycles. The van der Waals surface area contributed by atoms with Gasteiger partial charge >= 0.3 is 6.18 Å². The fourth-order valence-corrected chi connectivity index (χ4v) is 4.41. The molecule has 0 unspecified atom stereocenters. The number of nitrogens with one attached hydrogen (secondary N) is 1. The predicted octanol–water partition coefficient (Wildman–Crippen LogP) is 5.68. The molecule has 2 heterocycles. The first-order chi connectivity index (χ1) is 15.6. The number of hydrogen-bond acceptors (Lipinski definition) is 4. The summed E-state index contributed by atoms with van der Waals surface area (Å²) >= 11 is 11.5. The van der Waals surface area contributed by atoms with E-state index in [-0.39, 0.29) is 18.2 Å². The average molecular weight is 505 g/mol. The molecule has 0 radical (unpaired) electrons. The Balaban J connectivity index is 1.70. The van der Waals surface area contributed by atoms with Gasteiger partial charge in [0, 0.05) is 48.1 Å². The van der Waals surface area contributed by atoms with Crippen molar-refractivity contribution in [3.05, 3.63) is 62.4 Å². The molecule has 2 aromatic carbocycles. The van der Waals surface area contributed by atoms with Crippen molar-refractivity contribution in [1.82, 2.24) is 5.32 Å². The SMILES string of the molecule is CCC(=O)NCc1ccc(C2=NO[C@](c3cc(Cl)c(F)c(Cl)c3)(C(F)(F)F)C2)c2c1OCC2. The van der Waals surface area contributed by atoms with Crippen LogP contribution in [0.1, 0.15) is 42.0 Å². The van der Waals surface area contributed by atoms with E-state index in [1.165, 1.54) is 0 Å². The number of fused-ring (bicyclic) bond motifs is 1. The molecule has 1 N–H and O–H groups in total. The summed E-state index contributed by atoms with van der Waals surface area (Å²) in [6.07, 6.45) is -4.77. The van der Waals surface area contributed by atoms with E-state index in [9.17, 15) is 22.4 Å². The Morgan fingerprint density at radius 3 is 2.58 bits per heavy atom. The number of nitrogens with zero attached hydrogens (tertiary/aromatic N) is 1. The number of ether oxygens (including phenoxy) is 1. The molecular weight excluding hydrogens is 487 g/mol. The van der Waals surface area contributed by atoms with E-state index in [1.807, 2.05) is 0 Å². The van der Waals surface area contributed by atoms with Crippen molar-refractivity contribution in [3.63, 3.8) is 0 Å². The number of carbonyl (C=O) groups excluding carboxylic acids is 1. The second-order valence-electron chi connectivity index (χ2n) is 7.69. The minimum atomic E-state index is -4.90. The van der Waals surface area contributed by atoms with Gasteiger partial charge in [0.1, 0.15) is 5.75 Å². The fourth-order valence-electron chi connectivity index (χ4n) is 3.92. The average Bonchev–Trinajstić information content (AvgIpc) is 3.43. The van der Waals surface area contributed by atoms with E-state index in [0.717, 1.165) is 12.1 Å². The third-order valence-electron chi connectivity index (χ3n) is 5.68. The van der Waals surface area contributed by atoms with E-state index in [0.29, 0.717) is 41.9 Å². The van der Waals surface area contributed by atoms with Crippen molar-refractivity contribution >= 4 is 34.8 Å². The van der Waals surface area contributed by atoms with Crippen molar-refractivity contribution in [2.24, 2.45) is 5.16 Å². The van der Waals surface area contributed by atoms with Gasteiger partial charge in [0.25, 0.3) is 5.60 Å². The second kappa shape index (κ2) is 8.68. The molecule has 0 saturated carbocycles. The number of halogens is 6. The van der Waals surface area contributed by atoms with Gasteiger partial charge in [0.2, 0.25) is 5.91 Å². The molecule has 0 spiro atoms. The Bertz CT molecular complexity index is 1130. The third kappa shape index (κ3) is 4.12. The number of alkyl halides is 3. The molecule has 2 aromatic rings. The lowest BCUT2D eigenvalue weighted by Crippen LogP contribution is -2.42. The second-order valence-corrected chi connectivity index (χ2v) is 8.51. The number of benzene rings is 2. The van der Waals surface area contributed by atoms with Crippen molar-refractivity contribution in [2.75, 3.05) is 6.61 Å². The van der Waals surface area contributed by atoms with Crippen molar-refractivity contribution in [2.45, 2.75) is 44.5 Å². The van der Waals surface area contributed by atoms with Gasteiger partial charge in [-0.3, -0.25) is 4.79 Å². The monoisotopic (exact) mass is 504 g/mol. The number of carbonyl (C=O) groups is 1. The largest absolute Gasteiger partial charge is 0.493 e. The third-order valence-corrected chi connectivity index (χ3v) is 6.23. The van der Waals surface area contributed by atoms with E-state index >= 15 is 0 Å². The van der Waals surface area contributed by atoms with Crippen LogP contribution in [0.5, 0.6) is 5.75 Å². The molecule has 0 bridgehead atoms. The summed E-state index contributed by atoms with van der Waals surface area (Å²) in [5, 5.41) is 5.43. The zero-order valence-corrected chi connectivity index (χ0v) is 18.8. The molecule has 2 aliphatic heterocycles. The summed E-state index contributed by atoms with van der Waals surface area (Å²) in [6, 6.07) is 5.01. The van der Waals surface area contributed by atoms with Crippen LogP contribution < -0.4 is 10.1 Å². The molecule has 11 heteroatoms. The van der Waals surface area contributed by atoms with Crippen LogP contribution in [0.2, 0.25) is 10.0 Å². The maximum Gasteiger partial charge on any atom is 0.435 e. The molecule has 0 aliphatic carbocycles. The summed E-state index contributed by atoms with van der Waals surface area (Å²) in [5.41, 5.74) is -1.39. The smallest absolute Gasteiger partial charge is 0.435 e. The summed E-state index contributed by atoms with van der Waals surface area (Å²) in [4.78, 5) is 16.6. The molecule has 5 nitrogen and oxygen atoms in total. The predicted molar refractivity (Wildman–Crippen MR) is 114 cm³/mol. The minimum absolute atomic E-state index is 0.0646. The van der Waals surface area contributed by atoms with Gasteiger partial charge in [-0.05, 0) is 12.1 Å². The van der Waals surface area contributed by atoms with Gasteiger partial charge in [-0.1, -0.05) is 47.4 Å². The van der Waals surface area contributed by atoms with E-state index < -0.39 is 39.6 Å². The van der Waals surface area contributed by atoms with Crippen LogP contribution in [0.4, 0.5) is 17.6 Å². The van der Waals surface area contributed by atoms with Crippen LogP contribution in [0.15, 0.2) is 29.4 Å². The number of oxime groups is 1. The van der Waals surface area contributed by atoms with Crippen molar-refractivity contribution < 1.29 is 31.9 Å². The summed E-state index contributed by atoms with van der Waals surface area (Å²) < 4.78 is 62.3. The van der Waals surface area contributed by atoms with Crippen LogP contribution in [0.25, 0.3) is 0 Å². The Morgan fingerprint density at radius 1 is 1.24 bits per heavy atom. The first-order valence-electron chi connectivity index (χ1n) is 10.1. The standard InChI is InChI=1S/C22H18Cl2F4N2O3/c1-2-18(31)29-10-11-3-4-13(14-5-6-32-20(11)14)17-9-21(33-30-17,22(26,27)28)12-7-15(23)19(25)16(24)8-12/h3-4,7-8H,2,5-6,9-10H2,1H3,(H,29,31)/t21-/m1/s1. The summed E-state index contributed by atoms with van der Waals surface area (Å²) in [5.74, 6) is -0.630. The zero-order valence-electron chi connectivity index (χ0n) is 17.3. The molecule has 0 saturated heterocycles. The maximum absolute atomic E-state index is 14.3. The molecule has 0 fully saturated rings. The fraction of sp³-hybridized carbons (Fsp3) is 0.364. The van der Waals surface area contributed by atoms with Crippen molar-refractivity contribution in [1.29, 1.82) is 0 Å². The quantitative estimate of drug-likeness (QED) is 0.421. The highest BCUT2D eigenvalue weighted by Gasteiger charge is 2.62. The van der Waals surface area contributed by atoms with Crippen LogP contribution in [0, 0.1) is 5.82 Å². The molecule has 4 rings (SSSR count). The topological polar surface area (TPSA) is 59.9 Å². The minimum Gasteiger partial charge on any atom is -0.493 e. The van der Waals surface area contributed by atoms with E-state index in [2.05, 4.69) is 10.5 Å². The van der Waals surface area contributed by atoms with Gasteiger partial charge in [-0.2, -0.15) is 13.2 Å². The first-order valence-corrected chi connectivity index (χ1v) is 10.8. The highest BCUT2D eigenvalue weighted by Crippen LogP contribution is 2.50. The molecule has 1 amide bonds.